The van der Waals surface area contributed by atoms with Crippen molar-refractivity contribution >= 4 is 35.2 Å². The lowest BCUT2D eigenvalue weighted by molar-refractivity contribution is -0.384. The maximum Gasteiger partial charge on any atom is 0.339 e. The third kappa shape index (κ3) is 7.36. The van der Waals surface area contributed by atoms with Gasteiger partial charge in [0, 0.05) is 28.8 Å². The van der Waals surface area contributed by atoms with Crippen LogP contribution in [0, 0.1) is 10.1 Å². The average molecular weight is 550 g/mol. The number of nitro benzene ring substituents is 1. The first-order valence-electron chi connectivity index (χ1n) is 12.8. The van der Waals surface area contributed by atoms with Gasteiger partial charge < -0.3 is 15.1 Å². The second-order valence-corrected chi connectivity index (χ2v) is 11.0. The molecule has 0 heterocycles. The van der Waals surface area contributed by atoms with E-state index in [0.717, 1.165) is 10.5 Å². The Labute approximate surface area is 231 Å². The summed E-state index contributed by atoms with van der Waals surface area (Å²) in [7, 11) is 1.74. The summed E-state index contributed by atoms with van der Waals surface area (Å²) in [6.07, 6.45) is 6.16. The van der Waals surface area contributed by atoms with E-state index in [4.69, 9.17) is 0 Å². The predicted molar refractivity (Wildman–Crippen MR) is 150 cm³/mol. The number of rotatable bonds is 10. The van der Waals surface area contributed by atoms with E-state index in [2.05, 4.69) is 12.1 Å². The molecule has 0 atom stereocenters. The lowest BCUT2D eigenvalue weighted by Gasteiger charge is -2.26. The number of benzene rings is 3. The molecule has 0 spiro atoms. The fourth-order valence-corrected chi connectivity index (χ4v) is 5.62. The molecule has 0 radical (unpaired) electrons. The normalized spacial score (nSPS) is 13.8. The van der Waals surface area contributed by atoms with Crippen molar-refractivity contribution in [3.8, 4) is 5.75 Å². The summed E-state index contributed by atoms with van der Waals surface area (Å²) in [6.45, 7) is 0.245. The molecule has 4 rings (SSSR count). The van der Waals surface area contributed by atoms with Crippen molar-refractivity contribution in [2.75, 3.05) is 18.5 Å². The number of likely N-dealkylation sites (N-methyl/N-ethyl adjacent to an activating group) is 1. The van der Waals surface area contributed by atoms with E-state index in [-0.39, 0.29) is 30.2 Å². The van der Waals surface area contributed by atoms with Crippen LogP contribution in [-0.2, 0) is 11.3 Å². The van der Waals surface area contributed by atoms with Crippen LogP contribution in [0.3, 0.4) is 0 Å². The second-order valence-electron chi connectivity index (χ2n) is 9.69. The molecule has 0 aromatic heterocycles. The Kier molecular flexibility index (Phi) is 9.21. The number of carbonyl (C=O) groups excluding carboxylic acids is 1. The average Bonchev–Trinajstić information content (AvgIpc) is 2.92. The number of carboxylic acid groups (broad SMARTS) is 1. The maximum atomic E-state index is 13.5. The van der Waals surface area contributed by atoms with Crippen LogP contribution in [0.25, 0.3) is 0 Å². The summed E-state index contributed by atoms with van der Waals surface area (Å²) in [5.74, 6) is -1.37. The first kappa shape index (κ1) is 28.1. The van der Waals surface area contributed by atoms with E-state index in [9.17, 15) is 29.9 Å². The number of hydrogen-bond acceptors (Lipinski definition) is 7. The van der Waals surface area contributed by atoms with Crippen molar-refractivity contribution in [3.05, 3.63) is 93.5 Å². The fourth-order valence-electron chi connectivity index (χ4n) is 4.82. The zero-order valence-electron chi connectivity index (χ0n) is 21.7. The minimum atomic E-state index is -1.26. The van der Waals surface area contributed by atoms with Gasteiger partial charge >= 0.3 is 5.97 Å². The van der Waals surface area contributed by atoms with Crippen molar-refractivity contribution < 1.29 is 24.7 Å². The Morgan fingerprint density at radius 1 is 1.00 bits per heavy atom. The van der Waals surface area contributed by atoms with Gasteiger partial charge in [-0.05, 0) is 73.1 Å². The SMILES string of the molecule is CN(CC(=O)N(Cc1ccc(C2CCCCC2)cc1)c1ccc(C(=O)O)c(O)c1)Sc1ccc([N+](=O)[O-])cc1. The molecule has 0 unspecified atom stereocenters. The number of nitro groups is 1. The third-order valence-corrected chi connectivity index (χ3v) is 7.81. The quantitative estimate of drug-likeness (QED) is 0.174. The molecule has 0 bridgehead atoms. The number of aromatic carboxylic acids is 1. The first-order valence-corrected chi connectivity index (χ1v) is 13.6. The molecule has 2 N–H and O–H groups in total. The highest BCUT2D eigenvalue weighted by molar-refractivity contribution is 7.97. The lowest BCUT2D eigenvalue weighted by Crippen LogP contribution is -2.36. The molecular weight excluding hydrogens is 518 g/mol. The Bertz CT molecular complexity index is 1320. The second kappa shape index (κ2) is 12.8. The van der Waals surface area contributed by atoms with Crippen molar-refractivity contribution in [1.82, 2.24) is 4.31 Å². The smallest absolute Gasteiger partial charge is 0.339 e. The van der Waals surface area contributed by atoms with Crippen molar-refractivity contribution in [2.24, 2.45) is 0 Å². The third-order valence-electron chi connectivity index (χ3n) is 6.89. The Morgan fingerprint density at radius 3 is 2.26 bits per heavy atom. The monoisotopic (exact) mass is 549 g/mol. The Balaban J connectivity index is 1.52. The number of phenols is 1. The molecule has 10 heteroatoms. The standard InChI is InChI=1S/C29H31N3O6S/c1-30(39-25-14-11-23(12-15-25)32(37)38)19-28(34)31(24-13-16-26(29(35)36)27(33)17-24)18-20-7-9-22(10-8-20)21-5-3-2-4-6-21/h7-17,21,33H,2-6,18-19H2,1H3,(H,35,36). The number of anilines is 1. The zero-order chi connectivity index (χ0) is 27.9. The molecule has 1 amide bonds. The molecule has 3 aromatic carbocycles. The number of carboxylic acids is 1. The summed E-state index contributed by atoms with van der Waals surface area (Å²) < 4.78 is 1.72. The molecule has 1 aliphatic carbocycles. The maximum absolute atomic E-state index is 13.5. The van der Waals surface area contributed by atoms with Crippen LogP contribution < -0.4 is 4.90 Å². The molecule has 1 fully saturated rings. The summed E-state index contributed by atoms with van der Waals surface area (Å²) in [4.78, 5) is 37.6. The van der Waals surface area contributed by atoms with Gasteiger partial charge in [-0.2, -0.15) is 0 Å². The largest absolute Gasteiger partial charge is 0.507 e. The molecular formula is C29H31N3O6S. The molecule has 1 aliphatic rings. The van der Waals surface area contributed by atoms with E-state index < -0.39 is 16.6 Å². The van der Waals surface area contributed by atoms with Crippen LogP contribution in [0.15, 0.2) is 71.6 Å². The number of nitrogens with zero attached hydrogens (tertiary/aromatic N) is 3. The number of aromatic hydroxyl groups is 1. The molecule has 39 heavy (non-hydrogen) atoms. The molecule has 9 nitrogen and oxygen atoms in total. The van der Waals surface area contributed by atoms with Gasteiger partial charge in [-0.1, -0.05) is 43.5 Å². The predicted octanol–water partition coefficient (Wildman–Crippen LogP) is 6.22. The number of non-ortho nitro benzene ring substituents is 1. The van der Waals surface area contributed by atoms with E-state index >= 15 is 0 Å². The number of hydrogen-bond donors (Lipinski definition) is 2. The van der Waals surface area contributed by atoms with Crippen molar-refractivity contribution in [2.45, 2.75) is 49.5 Å². The van der Waals surface area contributed by atoms with E-state index in [1.54, 1.807) is 23.5 Å². The number of amides is 1. The highest BCUT2D eigenvalue weighted by Gasteiger charge is 2.22. The first-order chi connectivity index (χ1) is 18.7. The van der Waals surface area contributed by atoms with Gasteiger partial charge in [0.25, 0.3) is 5.69 Å². The zero-order valence-corrected chi connectivity index (χ0v) is 22.5. The minimum absolute atomic E-state index is 0.00323. The Hall–Kier alpha value is -3.89. The van der Waals surface area contributed by atoms with Crippen LogP contribution in [0.2, 0.25) is 0 Å². The van der Waals surface area contributed by atoms with Crippen LogP contribution in [0.5, 0.6) is 5.75 Å². The summed E-state index contributed by atoms with van der Waals surface area (Å²) in [6, 6.07) is 18.4. The van der Waals surface area contributed by atoms with Crippen LogP contribution in [0.4, 0.5) is 11.4 Å². The van der Waals surface area contributed by atoms with Crippen LogP contribution in [0.1, 0.15) is 59.5 Å². The van der Waals surface area contributed by atoms with E-state index in [0.29, 0.717) is 11.6 Å². The van der Waals surface area contributed by atoms with Gasteiger partial charge in [0.05, 0.1) is 18.0 Å². The summed E-state index contributed by atoms with van der Waals surface area (Å²) >= 11 is 1.27. The summed E-state index contributed by atoms with van der Waals surface area (Å²) in [5.41, 5.74) is 2.35. The van der Waals surface area contributed by atoms with Gasteiger partial charge in [-0.25, -0.2) is 9.10 Å². The van der Waals surface area contributed by atoms with Gasteiger partial charge in [-0.3, -0.25) is 14.9 Å². The van der Waals surface area contributed by atoms with Crippen molar-refractivity contribution in [3.63, 3.8) is 0 Å². The topological polar surface area (TPSA) is 124 Å². The van der Waals surface area contributed by atoms with E-state index in [1.807, 2.05) is 12.1 Å². The van der Waals surface area contributed by atoms with Gasteiger partial charge in [0.2, 0.25) is 5.91 Å². The molecule has 3 aromatic rings. The van der Waals surface area contributed by atoms with Gasteiger partial charge in [0.1, 0.15) is 11.3 Å². The highest BCUT2D eigenvalue weighted by Crippen LogP contribution is 2.33. The molecule has 0 saturated heterocycles. The molecule has 0 aliphatic heterocycles. The lowest BCUT2D eigenvalue weighted by atomic mass is 9.84. The van der Waals surface area contributed by atoms with Gasteiger partial charge in [0.15, 0.2) is 0 Å². The van der Waals surface area contributed by atoms with Gasteiger partial charge in [-0.15, -0.1) is 0 Å². The highest BCUT2D eigenvalue weighted by atomic mass is 32.2. The fraction of sp³-hybridized carbons (Fsp3) is 0.310. The summed E-state index contributed by atoms with van der Waals surface area (Å²) in [5, 5.41) is 30.5. The molecule has 204 valence electrons. The van der Waals surface area contributed by atoms with Crippen molar-refractivity contribution in [1.29, 1.82) is 0 Å². The van der Waals surface area contributed by atoms with Crippen LogP contribution >= 0.6 is 11.9 Å². The molecule has 1 saturated carbocycles. The van der Waals surface area contributed by atoms with Crippen LogP contribution in [-0.4, -0.2) is 44.9 Å². The number of carbonyl (C=O) groups is 2. The minimum Gasteiger partial charge on any atom is -0.507 e. The Morgan fingerprint density at radius 2 is 1.67 bits per heavy atom. The van der Waals surface area contributed by atoms with E-state index in [1.165, 1.54) is 84.8 Å².